The summed E-state index contributed by atoms with van der Waals surface area (Å²) in [5.41, 5.74) is 2.00. The first kappa shape index (κ1) is 14.2. The van der Waals surface area contributed by atoms with Crippen molar-refractivity contribution in [1.82, 2.24) is 5.32 Å². The van der Waals surface area contributed by atoms with Gasteiger partial charge in [-0.1, -0.05) is 19.1 Å². The van der Waals surface area contributed by atoms with Gasteiger partial charge in [-0.25, -0.2) is 0 Å². The molecule has 0 radical (unpaired) electrons. The van der Waals surface area contributed by atoms with E-state index in [0.717, 1.165) is 23.3 Å². The number of ether oxygens (including phenoxy) is 1. The molecule has 1 N–H and O–H groups in total. The molecule has 0 aliphatic carbocycles. The quantitative estimate of drug-likeness (QED) is 0.884. The molecular weight excluding hydrogens is 255 g/mol. The highest BCUT2D eigenvalue weighted by molar-refractivity contribution is 5.40. The Bertz CT molecular complexity index is 431. The Hall–Kier alpha value is -1.23. The Morgan fingerprint density at radius 2 is 2.16 bits per heavy atom. The van der Waals surface area contributed by atoms with Gasteiger partial charge in [-0.05, 0) is 30.2 Å². The number of nitrogens with one attached hydrogen (secondary N) is 1. The number of hydrogen-bond donors (Lipinski definition) is 1. The van der Waals surface area contributed by atoms with Gasteiger partial charge >= 0.3 is 6.18 Å². The minimum Gasteiger partial charge on any atom is -0.493 e. The summed E-state index contributed by atoms with van der Waals surface area (Å²) in [6.45, 7) is 3.21. The van der Waals surface area contributed by atoms with E-state index in [1.54, 1.807) is 0 Å². The van der Waals surface area contributed by atoms with Gasteiger partial charge in [0, 0.05) is 18.9 Å². The molecule has 0 saturated carbocycles. The van der Waals surface area contributed by atoms with E-state index in [0.29, 0.717) is 13.2 Å². The summed E-state index contributed by atoms with van der Waals surface area (Å²) < 4.78 is 42.4. The molecule has 0 amide bonds. The van der Waals surface area contributed by atoms with E-state index < -0.39 is 12.6 Å². The second-order valence-electron chi connectivity index (χ2n) is 4.73. The molecule has 1 aromatic carbocycles. The second kappa shape index (κ2) is 5.82. The lowest BCUT2D eigenvalue weighted by Crippen LogP contribution is -2.23. The first-order valence-electron chi connectivity index (χ1n) is 6.55. The molecule has 1 atom stereocenters. The molecule has 5 heteroatoms. The first-order chi connectivity index (χ1) is 8.99. The minimum atomic E-state index is -4.10. The van der Waals surface area contributed by atoms with E-state index in [2.05, 4.69) is 5.32 Å². The second-order valence-corrected chi connectivity index (χ2v) is 4.73. The highest BCUT2D eigenvalue weighted by Crippen LogP contribution is 2.31. The van der Waals surface area contributed by atoms with Gasteiger partial charge in [0.05, 0.1) is 6.61 Å². The van der Waals surface area contributed by atoms with Crippen LogP contribution < -0.4 is 10.1 Å². The summed E-state index contributed by atoms with van der Waals surface area (Å²) in [6, 6.07) is 5.42. The third-order valence-electron chi connectivity index (χ3n) is 3.28. The number of hydrogen-bond acceptors (Lipinski definition) is 2. The lowest BCUT2D eigenvalue weighted by molar-refractivity contribution is -0.136. The maximum Gasteiger partial charge on any atom is 0.389 e. The van der Waals surface area contributed by atoms with E-state index in [1.807, 2.05) is 25.1 Å². The lowest BCUT2D eigenvalue weighted by Gasteiger charge is -2.20. The molecule has 0 bridgehead atoms. The molecule has 0 aromatic heterocycles. The first-order valence-corrected chi connectivity index (χ1v) is 6.55. The van der Waals surface area contributed by atoms with Gasteiger partial charge in [-0.15, -0.1) is 0 Å². The average Bonchev–Trinajstić information content (AvgIpc) is 2.80. The standard InChI is InChI=1S/C14H18F3NO/c1-2-18-12(5-7-14(15,16)17)10-3-4-13-11(9-10)6-8-19-13/h3-4,9,12,18H,2,5-8H2,1H3. The summed E-state index contributed by atoms with van der Waals surface area (Å²) in [5, 5.41) is 3.12. The Morgan fingerprint density at radius 1 is 1.37 bits per heavy atom. The van der Waals surface area contributed by atoms with Gasteiger partial charge in [0.2, 0.25) is 0 Å². The molecule has 0 saturated heterocycles. The van der Waals surface area contributed by atoms with Crippen molar-refractivity contribution in [2.45, 2.75) is 38.4 Å². The minimum absolute atomic E-state index is 0.0665. The molecule has 0 fully saturated rings. The largest absolute Gasteiger partial charge is 0.493 e. The van der Waals surface area contributed by atoms with Crippen LogP contribution >= 0.6 is 0 Å². The van der Waals surface area contributed by atoms with Crippen LogP contribution in [-0.4, -0.2) is 19.3 Å². The van der Waals surface area contributed by atoms with Crippen LogP contribution in [0.4, 0.5) is 13.2 Å². The molecule has 0 spiro atoms. The summed E-state index contributed by atoms with van der Waals surface area (Å²) in [4.78, 5) is 0. The molecule has 2 rings (SSSR count). The van der Waals surface area contributed by atoms with E-state index in [9.17, 15) is 13.2 Å². The maximum absolute atomic E-state index is 12.3. The maximum atomic E-state index is 12.3. The Morgan fingerprint density at radius 3 is 2.84 bits per heavy atom. The zero-order valence-electron chi connectivity index (χ0n) is 10.9. The predicted octanol–water partition coefficient (Wildman–Crippen LogP) is 3.61. The van der Waals surface area contributed by atoms with Crippen molar-refractivity contribution in [2.75, 3.05) is 13.2 Å². The number of benzene rings is 1. The van der Waals surface area contributed by atoms with Crippen LogP contribution in [0.15, 0.2) is 18.2 Å². The van der Waals surface area contributed by atoms with Crippen molar-refractivity contribution in [3.63, 3.8) is 0 Å². The topological polar surface area (TPSA) is 21.3 Å². The Balaban J connectivity index is 2.10. The number of alkyl halides is 3. The smallest absolute Gasteiger partial charge is 0.389 e. The molecule has 106 valence electrons. The van der Waals surface area contributed by atoms with Crippen LogP contribution in [0.1, 0.15) is 36.9 Å². The fourth-order valence-corrected chi connectivity index (χ4v) is 2.36. The van der Waals surface area contributed by atoms with Gasteiger partial charge in [0.25, 0.3) is 0 Å². The van der Waals surface area contributed by atoms with Crippen molar-refractivity contribution in [3.05, 3.63) is 29.3 Å². The zero-order chi connectivity index (χ0) is 13.9. The van der Waals surface area contributed by atoms with Gasteiger partial charge in [-0.2, -0.15) is 13.2 Å². The fraction of sp³-hybridized carbons (Fsp3) is 0.571. The molecule has 19 heavy (non-hydrogen) atoms. The summed E-state index contributed by atoms with van der Waals surface area (Å²) in [7, 11) is 0. The monoisotopic (exact) mass is 273 g/mol. The third kappa shape index (κ3) is 3.86. The molecule has 1 aliphatic heterocycles. The van der Waals surface area contributed by atoms with Crippen LogP contribution in [-0.2, 0) is 6.42 Å². The normalized spacial score (nSPS) is 16.0. The van der Waals surface area contributed by atoms with Crippen molar-refractivity contribution >= 4 is 0 Å². The number of halogens is 3. The summed E-state index contributed by atoms with van der Waals surface area (Å²) >= 11 is 0. The van der Waals surface area contributed by atoms with Gasteiger partial charge in [0.15, 0.2) is 0 Å². The molecule has 1 heterocycles. The Kier molecular flexibility index (Phi) is 4.34. The van der Waals surface area contributed by atoms with E-state index in [-0.39, 0.29) is 12.5 Å². The van der Waals surface area contributed by atoms with E-state index >= 15 is 0 Å². The van der Waals surface area contributed by atoms with E-state index in [1.165, 1.54) is 0 Å². The van der Waals surface area contributed by atoms with E-state index in [4.69, 9.17) is 4.74 Å². The van der Waals surface area contributed by atoms with Crippen LogP contribution in [0.3, 0.4) is 0 Å². The number of rotatable bonds is 5. The fourth-order valence-electron chi connectivity index (χ4n) is 2.36. The van der Waals surface area contributed by atoms with Crippen LogP contribution in [0.2, 0.25) is 0 Å². The summed E-state index contributed by atoms with van der Waals surface area (Å²) in [6.07, 6.45) is -3.97. The molecule has 1 unspecified atom stereocenters. The van der Waals surface area contributed by atoms with Crippen molar-refractivity contribution in [3.8, 4) is 5.75 Å². The lowest BCUT2D eigenvalue weighted by atomic mass is 9.98. The van der Waals surface area contributed by atoms with Crippen molar-refractivity contribution < 1.29 is 17.9 Å². The van der Waals surface area contributed by atoms with Crippen molar-refractivity contribution in [2.24, 2.45) is 0 Å². The Labute approximate surface area is 111 Å². The average molecular weight is 273 g/mol. The molecule has 2 nitrogen and oxygen atoms in total. The third-order valence-corrected chi connectivity index (χ3v) is 3.28. The summed E-state index contributed by atoms with van der Waals surface area (Å²) in [5.74, 6) is 0.856. The van der Waals surface area contributed by atoms with Crippen LogP contribution in [0.25, 0.3) is 0 Å². The van der Waals surface area contributed by atoms with Gasteiger partial charge < -0.3 is 10.1 Å². The molecular formula is C14H18F3NO. The van der Waals surface area contributed by atoms with Crippen molar-refractivity contribution in [1.29, 1.82) is 0 Å². The van der Waals surface area contributed by atoms with Crippen LogP contribution in [0.5, 0.6) is 5.75 Å². The molecule has 1 aromatic rings. The van der Waals surface area contributed by atoms with Gasteiger partial charge in [0.1, 0.15) is 5.75 Å². The highest BCUT2D eigenvalue weighted by atomic mass is 19.4. The number of fused-ring (bicyclic) bond motifs is 1. The predicted molar refractivity (Wildman–Crippen MR) is 67.3 cm³/mol. The zero-order valence-corrected chi connectivity index (χ0v) is 10.9. The van der Waals surface area contributed by atoms with Crippen LogP contribution in [0, 0.1) is 0 Å². The SMILES string of the molecule is CCNC(CCC(F)(F)F)c1ccc2c(c1)CCO2. The van der Waals surface area contributed by atoms with Gasteiger partial charge in [-0.3, -0.25) is 0 Å². The highest BCUT2D eigenvalue weighted by Gasteiger charge is 2.28. The molecule has 1 aliphatic rings.